The normalized spacial score (nSPS) is 10.3. The molecule has 1 heterocycles. The molecule has 0 aliphatic rings. The van der Waals surface area contributed by atoms with Crippen LogP contribution in [0.2, 0.25) is 5.02 Å². The molecule has 1 aromatic heterocycles. The van der Waals surface area contributed by atoms with Gasteiger partial charge in [0.15, 0.2) is 0 Å². The minimum absolute atomic E-state index is 0.0182. The Morgan fingerprint density at radius 1 is 1.27 bits per heavy atom. The van der Waals surface area contributed by atoms with Crippen LogP contribution in [0.25, 0.3) is 11.1 Å². The molecule has 2 aromatic rings. The first-order valence-corrected chi connectivity index (χ1v) is 4.99. The summed E-state index contributed by atoms with van der Waals surface area (Å²) in [4.78, 5) is 3.97. The predicted molar refractivity (Wildman–Crippen MR) is 60.6 cm³/mol. The number of pyridine rings is 1. The Labute approximate surface area is 93.2 Å². The van der Waals surface area contributed by atoms with Crippen molar-refractivity contribution in [1.82, 2.24) is 4.98 Å². The van der Waals surface area contributed by atoms with Gasteiger partial charge in [-0.15, -0.1) is 0 Å². The van der Waals surface area contributed by atoms with Crippen molar-refractivity contribution in [3.63, 3.8) is 0 Å². The maximum absolute atomic E-state index is 9.18. The summed E-state index contributed by atoms with van der Waals surface area (Å²) in [5, 5.41) is 9.86. The highest BCUT2D eigenvalue weighted by molar-refractivity contribution is 6.30. The monoisotopic (exact) mass is 219 g/mol. The van der Waals surface area contributed by atoms with E-state index in [2.05, 4.69) is 4.98 Å². The third-order valence-corrected chi connectivity index (χ3v) is 2.44. The van der Waals surface area contributed by atoms with E-state index in [-0.39, 0.29) is 6.61 Å². The van der Waals surface area contributed by atoms with Crippen molar-refractivity contribution in [2.45, 2.75) is 6.61 Å². The number of hydrogen-bond donors (Lipinski definition) is 1. The van der Waals surface area contributed by atoms with Crippen LogP contribution in [-0.4, -0.2) is 10.1 Å². The van der Waals surface area contributed by atoms with Crippen LogP contribution in [0.15, 0.2) is 42.7 Å². The molecule has 0 saturated heterocycles. The lowest BCUT2D eigenvalue weighted by Crippen LogP contribution is -1.90. The fourth-order valence-electron chi connectivity index (χ4n) is 1.49. The van der Waals surface area contributed by atoms with Crippen molar-refractivity contribution in [2.75, 3.05) is 0 Å². The molecule has 2 rings (SSSR count). The van der Waals surface area contributed by atoms with Gasteiger partial charge in [-0.05, 0) is 29.3 Å². The van der Waals surface area contributed by atoms with Gasteiger partial charge in [-0.25, -0.2) is 0 Å². The summed E-state index contributed by atoms with van der Waals surface area (Å²) in [6.07, 6.45) is 3.37. The molecule has 0 atom stereocenters. The molecular formula is C12H10ClNO. The number of rotatable bonds is 2. The van der Waals surface area contributed by atoms with Gasteiger partial charge >= 0.3 is 0 Å². The largest absolute Gasteiger partial charge is 0.392 e. The first-order chi connectivity index (χ1) is 7.31. The number of hydrogen-bond acceptors (Lipinski definition) is 2. The Morgan fingerprint density at radius 3 is 2.87 bits per heavy atom. The molecule has 0 radical (unpaired) electrons. The van der Waals surface area contributed by atoms with E-state index >= 15 is 0 Å². The van der Waals surface area contributed by atoms with Gasteiger partial charge in [-0.1, -0.05) is 23.7 Å². The molecule has 1 N–H and O–H groups in total. The number of nitrogens with zero attached hydrogens (tertiary/aromatic N) is 1. The van der Waals surface area contributed by atoms with Gasteiger partial charge in [0.2, 0.25) is 0 Å². The zero-order chi connectivity index (χ0) is 10.7. The maximum Gasteiger partial charge on any atom is 0.0702 e. The predicted octanol–water partition coefficient (Wildman–Crippen LogP) is 2.89. The van der Waals surface area contributed by atoms with Crippen molar-refractivity contribution in [1.29, 1.82) is 0 Å². The molecule has 0 unspecified atom stereocenters. The molecule has 0 saturated carbocycles. The zero-order valence-corrected chi connectivity index (χ0v) is 8.78. The maximum atomic E-state index is 9.18. The minimum Gasteiger partial charge on any atom is -0.392 e. The number of aromatic nitrogens is 1. The van der Waals surface area contributed by atoms with Crippen LogP contribution < -0.4 is 0 Å². The van der Waals surface area contributed by atoms with E-state index in [0.717, 1.165) is 16.7 Å². The third-order valence-electron chi connectivity index (χ3n) is 2.21. The second-order valence-electron chi connectivity index (χ2n) is 3.20. The second kappa shape index (κ2) is 4.43. The molecule has 0 aliphatic carbocycles. The van der Waals surface area contributed by atoms with Crippen molar-refractivity contribution in [3.05, 3.63) is 53.3 Å². The van der Waals surface area contributed by atoms with Crippen molar-refractivity contribution in [2.24, 2.45) is 0 Å². The Kier molecular flexibility index (Phi) is 2.99. The quantitative estimate of drug-likeness (QED) is 0.843. The first kappa shape index (κ1) is 10.1. The van der Waals surface area contributed by atoms with E-state index in [4.69, 9.17) is 11.6 Å². The highest BCUT2D eigenvalue weighted by atomic mass is 35.5. The smallest absolute Gasteiger partial charge is 0.0702 e. The van der Waals surface area contributed by atoms with E-state index in [1.165, 1.54) is 0 Å². The standard InChI is InChI=1S/C12H10ClNO/c13-11-3-1-2-9(6-11)12-4-5-14-7-10(12)8-15/h1-7,15H,8H2. The highest BCUT2D eigenvalue weighted by Gasteiger charge is 2.03. The van der Waals surface area contributed by atoms with Gasteiger partial charge in [-0.3, -0.25) is 4.98 Å². The van der Waals surface area contributed by atoms with E-state index in [1.54, 1.807) is 12.4 Å². The SMILES string of the molecule is OCc1cnccc1-c1cccc(Cl)c1. The van der Waals surface area contributed by atoms with Crippen molar-refractivity contribution >= 4 is 11.6 Å². The van der Waals surface area contributed by atoms with Crippen LogP contribution in [-0.2, 0) is 6.61 Å². The second-order valence-corrected chi connectivity index (χ2v) is 3.64. The molecule has 3 heteroatoms. The lowest BCUT2D eigenvalue weighted by Gasteiger charge is -2.06. The summed E-state index contributed by atoms with van der Waals surface area (Å²) in [7, 11) is 0. The van der Waals surface area contributed by atoms with Crippen molar-refractivity contribution in [3.8, 4) is 11.1 Å². The van der Waals surface area contributed by atoms with Gasteiger partial charge in [0.1, 0.15) is 0 Å². The van der Waals surface area contributed by atoms with Gasteiger partial charge < -0.3 is 5.11 Å². The topological polar surface area (TPSA) is 33.1 Å². The van der Waals surface area contributed by atoms with Gasteiger partial charge in [-0.2, -0.15) is 0 Å². The molecule has 0 aliphatic heterocycles. The fraction of sp³-hybridized carbons (Fsp3) is 0.0833. The number of halogens is 1. The van der Waals surface area contributed by atoms with E-state index < -0.39 is 0 Å². The summed E-state index contributed by atoms with van der Waals surface area (Å²) in [5.41, 5.74) is 2.77. The van der Waals surface area contributed by atoms with Crippen molar-refractivity contribution < 1.29 is 5.11 Å². The lowest BCUT2D eigenvalue weighted by molar-refractivity contribution is 0.282. The molecule has 0 fully saturated rings. The summed E-state index contributed by atoms with van der Waals surface area (Å²) < 4.78 is 0. The van der Waals surface area contributed by atoms with Crippen LogP contribution in [0.3, 0.4) is 0 Å². The van der Waals surface area contributed by atoms with E-state index in [9.17, 15) is 5.11 Å². The Hall–Kier alpha value is -1.38. The molecule has 0 amide bonds. The van der Waals surface area contributed by atoms with Crippen LogP contribution in [0.5, 0.6) is 0 Å². The molecule has 1 aromatic carbocycles. The highest BCUT2D eigenvalue weighted by Crippen LogP contribution is 2.25. The third kappa shape index (κ3) is 2.17. The number of aliphatic hydroxyl groups excluding tert-OH is 1. The summed E-state index contributed by atoms with van der Waals surface area (Å²) in [6, 6.07) is 9.41. The Balaban J connectivity index is 2.53. The molecule has 76 valence electrons. The average molecular weight is 220 g/mol. The minimum atomic E-state index is -0.0182. The zero-order valence-electron chi connectivity index (χ0n) is 8.02. The van der Waals surface area contributed by atoms with Crippen LogP contribution in [0.1, 0.15) is 5.56 Å². The van der Waals surface area contributed by atoms with Gasteiger partial charge in [0.25, 0.3) is 0 Å². The number of benzene rings is 1. The van der Waals surface area contributed by atoms with Crippen LogP contribution >= 0.6 is 11.6 Å². The fourth-order valence-corrected chi connectivity index (χ4v) is 1.68. The average Bonchev–Trinajstić information content (AvgIpc) is 2.29. The van der Waals surface area contributed by atoms with Crippen LogP contribution in [0, 0.1) is 0 Å². The molecule has 15 heavy (non-hydrogen) atoms. The first-order valence-electron chi connectivity index (χ1n) is 4.61. The van der Waals surface area contributed by atoms with E-state index in [0.29, 0.717) is 5.02 Å². The van der Waals surface area contributed by atoms with Gasteiger partial charge in [0.05, 0.1) is 6.61 Å². The summed E-state index contributed by atoms with van der Waals surface area (Å²) in [5.74, 6) is 0. The molecule has 0 spiro atoms. The summed E-state index contributed by atoms with van der Waals surface area (Å²) >= 11 is 5.91. The Morgan fingerprint density at radius 2 is 2.13 bits per heavy atom. The van der Waals surface area contributed by atoms with E-state index in [1.807, 2.05) is 30.3 Å². The molecule has 2 nitrogen and oxygen atoms in total. The Bertz CT molecular complexity index is 471. The molecule has 0 bridgehead atoms. The molecular weight excluding hydrogens is 210 g/mol. The van der Waals surface area contributed by atoms with Crippen LogP contribution in [0.4, 0.5) is 0 Å². The number of aliphatic hydroxyl groups is 1. The lowest BCUT2D eigenvalue weighted by atomic mass is 10.0. The van der Waals surface area contributed by atoms with Gasteiger partial charge in [0, 0.05) is 23.0 Å². The summed E-state index contributed by atoms with van der Waals surface area (Å²) in [6.45, 7) is -0.0182.